The van der Waals surface area contributed by atoms with E-state index in [2.05, 4.69) is 15.4 Å². The smallest absolute Gasteiger partial charge is 0.336 e. The Labute approximate surface area is 198 Å². The van der Waals surface area contributed by atoms with Crippen molar-refractivity contribution < 1.29 is 14.3 Å². The van der Waals surface area contributed by atoms with Crippen molar-refractivity contribution in [2.45, 2.75) is 0 Å². The summed E-state index contributed by atoms with van der Waals surface area (Å²) in [7, 11) is 1.59. The monoisotopic (exact) mass is 488 g/mol. The van der Waals surface area contributed by atoms with E-state index in [4.69, 9.17) is 32.7 Å². The molecule has 2 aromatic carbocycles. The lowest BCUT2D eigenvalue weighted by atomic mass is 10.2. The minimum atomic E-state index is -0.154. The van der Waals surface area contributed by atoms with Crippen molar-refractivity contribution in [3.63, 3.8) is 0 Å². The molecule has 7 nitrogen and oxygen atoms in total. The van der Waals surface area contributed by atoms with Gasteiger partial charge in [0.1, 0.15) is 6.61 Å². The Morgan fingerprint density at radius 2 is 1.91 bits per heavy atom. The third-order valence-corrected chi connectivity index (χ3v) is 6.01. The second kappa shape index (κ2) is 10.1. The zero-order valence-corrected chi connectivity index (χ0v) is 19.2. The number of benzene rings is 2. The molecule has 1 N–H and O–H groups in total. The van der Waals surface area contributed by atoms with Crippen molar-refractivity contribution in [3.8, 4) is 23.1 Å². The zero-order valence-electron chi connectivity index (χ0n) is 16.9. The summed E-state index contributed by atoms with van der Waals surface area (Å²) in [6, 6.07) is 16.3. The fraction of sp³-hybridized carbons (Fsp3) is 0.136. The van der Waals surface area contributed by atoms with Crippen molar-refractivity contribution in [2.24, 2.45) is 0 Å². The second-order valence-corrected chi connectivity index (χ2v) is 8.34. The number of amides is 1. The third-order valence-electron chi connectivity index (χ3n) is 4.40. The minimum absolute atomic E-state index is 0.154. The molecule has 4 rings (SSSR count). The first-order valence-corrected chi connectivity index (χ1v) is 11.2. The molecule has 164 valence electrons. The number of nitrogens with zero attached hydrogens (tertiary/aromatic N) is 3. The number of nitrogens with one attached hydrogen (secondary N) is 1. The largest absolute Gasteiger partial charge is 0.460 e. The average Bonchev–Trinajstić information content (AvgIpc) is 3.47. The highest BCUT2D eigenvalue weighted by Gasteiger charge is 2.16. The first kappa shape index (κ1) is 22.3. The van der Waals surface area contributed by atoms with Crippen molar-refractivity contribution in [2.75, 3.05) is 25.6 Å². The Morgan fingerprint density at radius 3 is 2.59 bits per heavy atom. The van der Waals surface area contributed by atoms with Gasteiger partial charge in [-0.3, -0.25) is 4.79 Å². The van der Waals surface area contributed by atoms with Gasteiger partial charge in [0.2, 0.25) is 0 Å². The molecule has 0 aliphatic heterocycles. The van der Waals surface area contributed by atoms with Crippen LogP contribution in [0.15, 0.2) is 60.0 Å². The van der Waals surface area contributed by atoms with Gasteiger partial charge >= 0.3 is 6.01 Å². The molecule has 0 saturated heterocycles. The van der Waals surface area contributed by atoms with Gasteiger partial charge < -0.3 is 14.8 Å². The zero-order chi connectivity index (χ0) is 22.5. The molecule has 2 aromatic heterocycles. The van der Waals surface area contributed by atoms with Crippen molar-refractivity contribution >= 4 is 46.1 Å². The number of carbonyl (C=O) groups excluding carboxylic acids is 1. The van der Waals surface area contributed by atoms with Gasteiger partial charge in [-0.1, -0.05) is 29.3 Å². The van der Waals surface area contributed by atoms with Crippen LogP contribution in [0.25, 0.3) is 17.1 Å². The predicted molar refractivity (Wildman–Crippen MR) is 126 cm³/mol. The highest BCUT2D eigenvalue weighted by atomic mass is 35.5. The van der Waals surface area contributed by atoms with E-state index in [1.165, 1.54) is 11.3 Å². The van der Waals surface area contributed by atoms with Crippen LogP contribution >= 0.6 is 34.5 Å². The fourth-order valence-electron chi connectivity index (χ4n) is 2.86. The highest BCUT2D eigenvalue weighted by Crippen LogP contribution is 2.30. The van der Waals surface area contributed by atoms with Gasteiger partial charge in [-0.15, -0.1) is 16.4 Å². The Kier molecular flexibility index (Phi) is 7.06. The summed E-state index contributed by atoms with van der Waals surface area (Å²) >= 11 is 13.7. The van der Waals surface area contributed by atoms with Crippen LogP contribution in [-0.4, -0.2) is 41.0 Å². The van der Waals surface area contributed by atoms with Gasteiger partial charge in [-0.05, 0) is 53.9 Å². The van der Waals surface area contributed by atoms with Gasteiger partial charge in [0, 0.05) is 18.4 Å². The summed E-state index contributed by atoms with van der Waals surface area (Å²) in [6.07, 6.45) is 0. The predicted octanol–water partition coefficient (Wildman–Crippen LogP) is 5.58. The van der Waals surface area contributed by atoms with Crippen LogP contribution in [0.4, 0.5) is 5.69 Å². The Balaban J connectivity index is 1.63. The molecule has 4 aromatic rings. The fourth-order valence-corrected chi connectivity index (χ4v) is 3.78. The van der Waals surface area contributed by atoms with Crippen molar-refractivity contribution in [1.29, 1.82) is 0 Å². The van der Waals surface area contributed by atoms with Crippen molar-refractivity contribution in [3.05, 3.63) is 74.9 Å². The summed E-state index contributed by atoms with van der Waals surface area (Å²) < 4.78 is 12.3. The number of hydrogen-bond acceptors (Lipinski definition) is 6. The quantitative estimate of drug-likeness (QED) is 0.327. The molecule has 0 aliphatic rings. The molecule has 0 bridgehead atoms. The Morgan fingerprint density at radius 1 is 1.09 bits per heavy atom. The van der Waals surface area contributed by atoms with E-state index in [0.29, 0.717) is 39.6 Å². The van der Waals surface area contributed by atoms with Gasteiger partial charge in [0.15, 0.2) is 5.82 Å². The molecule has 10 heteroatoms. The van der Waals surface area contributed by atoms with Crippen LogP contribution in [0.3, 0.4) is 0 Å². The highest BCUT2D eigenvalue weighted by molar-refractivity contribution is 7.12. The van der Waals surface area contributed by atoms with E-state index in [1.54, 1.807) is 42.1 Å². The van der Waals surface area contributed by atoms with Gasteiger partial charge in [-0.2, -0.15) is 4.98 Å². The van der Waals surface area contributed by atoms with Gasteiger partial charge in [0.05, 0.1) is 27.2 Å². The third kappa shape index (κ3) is 5.11. The number of halogens is 2. The molecule has 0 radical (unpaired) electrons. The number of ether oxygens (including phenoxy) is 2. The van der Waals surface area contributed by atoms with E-state index < -0.39 is 0 Å². The van der Waals surface area contributed by atoms with Crippen molar-refractivity contribution in [1.82, 2.24) is 14.8 Å². The van der Waals surface area contributed by atoms with Crippen LogP contribution in [0.2, 0.25) is 10.0 Å². The summed E-state index contributed by atoms with van der Waals surface area (Å²) in [5, 5.41) is 10.1. The minimum Gasteiger partial charge on any atom is -0.460 e. The maximum absolute atomic E-state index is 12.3. The molecule has 2 heterocycles. The molecule has 0 saturated carbocycles. The number of methoxy groups -OCH3 is 1. The van der Waals surface area contributed by atoms with Gasteiger partial charge in [0.25, 0.3) is 5.91 Å². The molecular formula is C22H18Cl2N4O3S. The van der Waals surface area contributed by atoms with E-state index >= 15 is 0 Å². The first-order valence-electron chi connectivity index (χ1n) is 9.54. The molecule has 32 heavy (non-hydrogen) atoms. The Hall–Kier alpha value is -2.91. The molecule has 1 amide bonds. The SMILES string of the molecule is COCCOc1nc(-c2ccc(Cl)c(Cl)c2)n(-c2ccc(NC(=O)c3cccs3)cc2)n1. The molecule has 0 unspecified atom stereocenters. The number of anilines is 1. The first-order chi connectivity index (χ1) is 15.5. The molecule has 0 fully saturated rings. The molecule has 0 spiro atoms. The number of rotatable bonds is 8. The molecule has 0 atom stereocenters. The van der Waals surface area contributed by atoms with E-state index in [0.717, 1.165) is 11.3 Å². The molecule has 0 aliphatic carbocycles. The van der Waals surface area contributed by atoms with Crippen LogP contribution in [0.5, 0.6) is 6.01 Å². The summed E-state index contributed by atoms with van der Waals surface area (Å²) in [6.45, 7) is 0.726. The maximum atomic E-state index is 12.3. The standard InChI is InChI=1S/C22H18Cl2N4O3S/c1-30-10-11-31-22-26-20(14-4-9-17(23)18(24)13-14)28(27-22)16-7-5-15(6-8-16)25-21(29)19-3-2-12-32-19/h2-9,12-13H,10-11H2,1H3,(H,25,29). The summed E-state index contributed by atoms with van der Waals surface area (Å²) in [4.78, 5) is 17.4. The van der Waals surface area contributed by atoms with Crippen LogP contribution in [0.1, 0.15) is 9.67 Å². The van der Waals surface area contributed by atoms with Crippen LogP contribution in [0, 0.1) is 0 Å². The lowest BCUT2D eigenvalue weighted by Gasteiger charge is -2.08. The Bertz CT molecular complexity index is 1210. The van der Waals surface area contributed by atoms with E-state index in [-0.39, 0.29) is 11.9 Å². The van der Waals surface area contributed by atoms with E-state index in [9.17, 15) is 4.79 Å². The van der Waals surface area contributed by atoms with Crippen LogP contribution in [-0.2, 0) is 4.74 Å². The van der Waals surface area contributed by atoms with Crippen LogP contribution < -0.4 is 10.1 Å². The normalized spacial score (nSPS) is 10.8. The number of carbonyl (C=O) groups is 1. The van der Waals surface area contributed by atoms with Gasteiger partial charge in [-0.25, -0.2) is 4.68 Å². The topological polar surface area (TPSA) is 78.3 Å². The molecular weight excluding hydrogens is 471 g/mol. The number of hydrogen-bond donors (Lipinski definition) is 1. The van der Waals surface area contributed by atoms with E-state index in [1.807, 2.05) is 29.6 Å². The maximum Gasteiger partial charge on any atom is 0.336 e. The second-order valence-electron chi connectivity index (χ2n) is 6.58. The number of thiophene rings is 1. The lowest BCUT2D eigenvalue weighted by molar-refractivity contribution is 0.103. The number of aromatic nitrogens is 3. The summed E-state index contributed by atoms with van der Waals surface area (Å²) in [5.41, 5.74) is 2.12. The summed E-state index contributed by atoms with van der Waals surface area (Å²) in [5.74, 6) is 0.380. The average molecular weight is 489 g/mol. The lowest BCUT2D eigenvalue weighted by Crippen LogP contribution is -2.10.